The van der Waals surface area contributed by atoms with E-state index in [9.17, 15) is 19.2 Å². The highest BCUT2D eigenvalue weighted by molar-refractivity contribution is 5.96. The number of para-hydroxylation sites is 2. The average Bonchev–Trinajstić information content (AvgIpc) is 4.12. The van der Waals surface area contributed by atoms with Crippen LogP contribution in [0.3, 0.4) is 0 Å². The Kier molecular flexibility index (Phi) is 14.4. The second-order valence-electron chi connectivity index (χ2n) is 21.9. The lowest BCUT2D eigenvalue weighted by atomic mass is 9.78. The number of nitrogens with zero attached hydrogens (tertiary/aromatic N) is 2. The minimum atomic E-state index is -0.481. The van der Waals surface area contributed by atoms with E-state index in [4.69, 9.17) is 0 Å². The summed E-state index contributed by atoms with van der Waals surface area (Å²) in [6, 6.07) is 57.2. The van der Waals surface area contributed by atoms with Crippen LogP contribution in [-0.2, 0) is 9.59 Å². The SMILES string of the molecule is O=C(NC1(CC(=O)N2CC[C@@H]3[C@H](c4ccccc4)Nc4ccccc4[C@@H]32)CCCCC1)c1ccccc1.O=C(NC1(CC(=O)N2CC[C@H]3[C@@H](c4ccccc4)Nc4ccccc4[C@H]32)CCCCC1)c1ccccc1. The summed E-state index contributed by atoms with van der Waals surface area (Å²) in [5.41, 5.74) is 7.51. The van der Waals surface area contributed by atoms with E-state index in [1.165, 1.54) is 22.3 Å². The molecule has 10 heteroatoms. The fourth-order valence-electron chi connectivity index (χ4n) is 13.7. The summed E-state index contributed by atoms with van der Waals surface area (Å²) in [5, 5.41) is 14.2. The quantitative estimate of drug-likeness (QED) is 0.108. The van der Waals surface area contributed by atoms with Crippen molar-refractivity contribution < 1.29 is 19.2 Å². The van der Waals surface area contributed by atoms with Crippen LogP contribution < -0.4 is 21.3 Å². The molecule has 4 aliphatic heterocycles. The van der Waals surface area contributed by atoms with Gasteiger partial charge in [0.15, 0.2) is 0 Å². The zero-order valence-corrected chi connectivity index (χ0v) is 42.5. The van der Waals surface area contributed by atoms with E-state index < -0.39 is 11.1 Å². The molecule has 2 aliphatic carbocycles. The molecule has 4 amide bonds. The van der Waals surface area contributed by atoms with Crippen LogP contribution >= 0.6 is 0 Å². The van der Waals surface area contributed by atoms with Gasteiger partial charge in [0.05, 0.1) is 24.2 Å². The van der Waals surface area contributed by atoms with E-state index in [0.717, 1.165) is 102 Å². The first-order valence-electron chi connectivity index (χ1n) is 27.4. The van der Waals surface area contributed by atoms with Gasteiger partial charge in [-0.05, 0) is 97.2 Å². The van der Waals surface area contributed by atoms with Gasteiger partial charge < -0.3 is 31.1 Å². The number of hydrogen-bond donors (Lipinski definition) is 4. The molecule has 4 heterocycles. The van der Waals surface area contributed by atoms with Gasteiger partial charge in [0, 0.05) is 71.3 Å². The predicted molar refractivity (Wildman–Crippen MR) is 292 cm³/mol. The number of benzene rings is 6. The lowest BCUT2D eigenvalue weighted by Gasteiger charge is -2.42. The fourth-order valence-corrected chi connectivity index (χ4v) is 13.7. The van der Waals surface area contributed by atoms with Gasteiger partial charge in [0.1, 0.15) is 0 Å². The molecule has 0 radical (unpaired) electrons. The molecule has 6 aromatic carbocycles. The Morgan fingerprint density at radius 2 is 0.770 bits per heavy atom. The molecular formula is C64H70N6O4. The van der Waals surface area contributed by atoms with Crippen LogP contribution in [0.4, 0.5) is 11.4 Å². The van der Waals surface area contributed by atoms with Crippen LogP contribution in [0.2, 0.25) is 0 Å². The standard InChI is InChI=1S/2C32H35N3O2/c2*36-28(22-32(19-10-3-11-20-32)34-31(37)24-14-6-2-7-15-24)35-21-18-26-29(23-12-4-1-5-13-23)33-27-17-9-8-16-25(27)30(26)35/h2*1-2,4-9,12-17,26,29-30,33H,3,10-11,18-22H2,(H,34,37)/t2*26-,29+,30+/m10/s1. The van der Waals surface area contributed by atoms with Gasteiger partial charge in [-0.2, -0.15) is 0 Å². The van der Waals surface area contributed by atoms with Gasteiger partial charge >= 0.3 is 0 Å². The molecule has 0 bridgehead atoms. The first kappa shape index (κ1) is 49.0. The average molecular weight is 987 g/mol. The minimum absolute atomic E-state index is 0.0422. The number of hydrogen-bond acceptors (Lipinski definition) is 6. The van der Waals surface area contributed by atoms with Crippen molar-refractivity contribution in [1.82, 2.24) is 20.4 Å². The van der Waals surface area contributed by atoms with E-state index >= 15 is 0 Å². The number of amides is 4. The Labute approximate surface area is 436 Å². The Morgan fingerprint density at radius 3 is 1.15 bits per heavy atom. The second-order valence-corrected chi connectivity index (χ2v) is 21.9. The van der Waals surface area contributed by atoms with Crippen LogP contribution in [0.25, 0.3) is 0 Å². The smallest absolute Gasteiger partial charge is 0.251 e. The number of carbonyl (C=O) groups excluding carboxylic acids is 4. The van der Waals surface area contributed by atoms with Crippen molar-refractivity contribution in [2.75, 3.05) is 23.7 Å². The first-order valence-corrected chi connectivity index (χ1v) is 27.4. The Bertz CT molecular complexity index is 2710. The van der Waals surface area contributed by atoms with Gasteiger partial charge in [0.2, 0.25) is 11.8 Å². The maximum Gasteiger partial charge on any atom is 0.251 e. The number of nitrogens with one attached hydrogen (secondary N) is 4. The number of rotatable bonds is 10. The number of carbonyl (C=O) groups is 4. The van der Waals surface area contributed by atoms with E-state index in [2.05, 4.69) is 140 Å². The van der Waals surface area contributed by atoms with Gasteiger partial charge in [-0.1, -0.05) is 172 Å². The molecule has 0 spiro atoms. The maximum absolute atomic E-state index is 14.1. The Balaban J connectivity index is 0.000000159. The van der Waals surface area contributed by atoms with Crippen molar-refractivity contribution in [2.24, 2.45) is 11.8 Å². The summed E-state index contributed by atoms with van der Waals surface area (Å²) in [5.74, 6) is 0.777. The summed E-state index contributed by atoms with van der Waals surface area (Å²) in [6.07, 6.45) is 12.5. The van der Waals surface area contributed by atoms with E-state index in [0.29, 0.717) is 35.8 Å². The number of fused-ring (bicyclic) bond motifs is 6. The summed E-state index contributed by atoms with van der Waals surface area (Å²) >= 11 is 0. The molecule has 6 aliphatic rings. The summed E-state index contributed by atoms with van der Waals surface area (Å²) < 4.78 is 0. The first-order chi connectivity index (χ1) is 36.3. The van der Waals surface area contributed by atoms with Crippen LogP contribution in [0.5, 0.6) is 0 Å². The van der Waals surface area contributed by atoms with Crippen molar-refractivity contribution >= 4 is 35.0 Å². The molecule has 6 atom stereocenters. The lowest BCUT2D eigenvalue weighted by Crippen LogP contribution is -2.53. The van der Waals surface area contributed by atoms with Crippen LogP contribution in [0.15, 0.2) is 170 Å². The van der Waals surface area contributed by atoms with Gasteiger partial charge in [-0.3, -0.25) is 19.2 Å². The zero-order valence-electron chi connectivity index (χ0n) is 42.5. The summed E-state index contributed by atoms with van der Waals surface area (Å²) in [4.78, 5) is 58.8. The second kappa shape index (κ2) is 21.7. The van der Waals surface area contributed by atoms with Crippen molar-refractivity contribution in [2.45, 2.75) is 125 Å². The molecule has 12 rings (SSSR count). The molecule has 74 heavy (non-hydrogen) atoms. The topological polar surface area (TPSA) is 123 Å². The van der Waals surface area contributed by atoms with E-state index in [1.54, 1.807) is 0 Å². The molecular weight excluding hydrogens is 917 g/mol. The molecule has 4 fully saturated rings. The highest BCUT2D eigenvalue weighted by Gasteiger charge is 2.50. The molecule has 4 N–H and O–H groups in total. The normalized spacial score (nSPS) is 23.9. The third-order valence-electron chi connectivity index (χ3n) is 17.3. The van der Waals surface area contributed by atoms with Crippen LogP contribution in [-0.4, -0.2) is 57.6 Å². The van der Waals surface area contributed by atoms with Crippen LogP contribution in [0, 0.1) is 11.8 Å². The molecule has 2 saturated heterocycles. The van der Waals surface area contributed by atoms with Crippen molar-refractivity contribution in [3.05, 3.63) is 203 Å². The third-order valence-corrected chi connectivity index (χ3v) is 17.3. The monoisotopic (exact) mass is 987 g/mol. The lowest BCUT2D eigenvalue weighted by molar-refractivity contribution is -0.135. The third kappa shape index (κ3) is 10.2. The largest absolute Gasteiger partial charge is 0.378 e. The molecule has 0 unspecified atom stereocenters. The van der Waals surface area contributed by atoms with Gasteiger partial charge in [0.25, 0.3) is 11.8 Å². The minimum Gasteiger partial charge on any atom is -0.378 e. The van der Waals surface area contributed by atoms with Gasteiger partial charge in [-0.25, -0.2) is 0 Å². The molecule has 2 saturated carbocycles. The van der Waals surface area contributed by atoms with E-state index in [1.807, 2.05) is 60.7 Å². The Morgan fingerprint density at radius 1 is 0.432 bits per heavy atom. The van der Waals surface area contributed by atoms with Crippen molar-refractivity contribution in [3.8, 4) is 0 Å². The number of anilines is 2. The van der Waals surface area contributed by atoms with Crippen LogP contribution in [0.1, 0.15) is 157 Å². The molecule has 6 aromatic rings. The Hall–Kier alpha value is -7.20. The summed E-state index contributed by atoms with van der Waals surface area (Å²) in [6.45, 7) is 1.49. The van der Waals surface area contributed by atoms with Gasteiger partial charge in [-0.15, -0.1) is 0 Å². The predicted octanol–water partition coefficient (Wildman–Crippen LogP) is 12.5. The van der Waals surface area contributed by atoms with Crippen molar-refractivity contribution in [3.63, 3.8) is 0 Å². The molecule has 10 nitrogen and oxygen atoms in total. The fraction of sp³-hybridized carbons (Fsp3) is 0.375. The van der Waals surface area contributed by atoms with Crippen molar-refractivity contribution in [1.29, 1.82) is 0 Å². The molecule has 0 aromatic heterocycles. The molecule has 380 valence electrons. The summed E-state index contributed by atoms with van der Waals surface area (Å²) in [7, 11) is 0. The highest BCUT2D eigenvalue weighted by atomic mass is 16.2. The highest BCUT2D eigenvalue weighted by Crippen LogP contribution is 2.53. The van der Waals surface area contributed by atoms with E-state index in [-0.39, 0.29) is 47.8 Å². The maximum atomic E-state index is 14.1. The number of likely N-dealkylation sites (tertiary alicyclic amines) is 2. The zero-order chi connectivity index (χ0) is 50.5.